The summed E-state index contributed by atoms with van der Waals surface area (Å²) in [5, 5.41) is 11.3. The standard InChI is InChI=1S/C16H21F3N2O3/c1-3-5-13(20-15(24)21(2)9-8-14(22)23)11-6-4-7-12(10-11)16(17,18)19/h4,6-7,10,13H,3,5,8-9H2,1-2H3,(H,20,24)(H,22,23). The summed E-state index contributed by atoms with van der Waals surface area (Å²) < 4.78 is 38.5. The van der Waals surface area contributed by atoms with E-state index in [0.717, 1.165) is 12.1 Å². The number of aliphatic carboxylic acids is 1. The summed E-state index contributed by atoms with van der Waals surface area (Å²) in [7, 11) is 1.44. The molecular formula is C16H21F3N2O3. The van der Waals surface area contributed by atoms with E-state index < -0.39 is 29.8 Å². The predicted octanol–water partition coefficient (Wildman–Crippen LogP) is 3.66. The molecule has 0 spiro atoms. The third kappa shape index (κ3) is 6.10. The highest BCUT2D eigenvalue weighted by Gasteiger charge is 2.31. The van der Waals surface area contributed by atoms with Crippen molar-refractivity contribution in [3.05, 3.63) is 35.4 Å². The molecule has 1 aromatic carbocycles. The van der Waals surface area contributed by atoms with Gasteiger partial charge in [-0.05, 0) is 24.1 Å². The van der Waals surface area contributed by atoms with Crippen LogP contribution in [0.15, 0.2) is 24.3 Å². The van der Waals surface area contributed by atoms with Gasteiger partial charge in [0.25, 0.3) is 0 Å². The first-order valence-electron chi connectivity index (χ1n) is 7.55. The maximum Gasteiger partial charge on any atom is 0.416 e. The fraction of sp³-hybridized carbons (Fsp3) is 0.500. The Bertz CT molecular complexity index is 576. The molecule has 5 nitrogen and oxygen atoms in total. The molecule has 0 radical (unpaired) electrons. The van der Waals surface area contributed by atoms with Gasteiger partial charge >= 0.3 is 18.2 Å². The molecule has 2 N–H and O–H groups in total. The minimum absolute atomic E-state index is 0.0165. The Morgan fingerprint density at radius 2 is 2.00 bits per heavy atom. The summed E-state index contributed by atoms with van der Waals surface area (Å²) >= 11 is 0. The van der Waals surface area contributed by atoms with Crippen LogP contribution in [0.3, 0.4) is 0 Å². The molecule has 1 aromatic rings. The molecule has 1 unspecified atom stereocenters. The number of carboxylic acids is 1. The van der Waals surface area contributed by atoms with Crippen LogP contribution < -0.4 is 5.32 Å². The van der Waals surface area contributed by atoms with E-state index in [1.54, 1.807) is 0 Å². The Labute approximate surface area is 138 Å². The highest BCUT2D eigenvalue weighted by Crippen LogP contribution is 2.31. The van der Waals surface area contributed by atoms with Gasteiger partial charge < -0.3 is 15.3 Å². The fourth-order valence-electron chi connectivity index (χ4n) is 2.17. The molecule has 0 saturated carbocycles. The third-order valence-electron chi connectivity index (χ3n) is 3.50. The van der Waals surface area contributed by atoms with E-state index in [-0.39, 0.29) is 13.0 Å². The summed E-state index contributed by atoms with van der Waals surface area (Å²) in [5.74, 6) is -1.03. The lowest BCUT2D eigenvalue weighted by Crippen LogP contribution is -2.40. The van der Waals surface area contributed by atoms with Crippen LogP contribution in [0.1, 0.15) is 43.4 Å². The maximum absolute atomic E-state index is 12.8. The van der Waals surface area contributed by atoms with Crippen molar-refractivity contribution in [3.8, 4) is 0 Å². The summed E-state index contributed by atoms with van der Waals surface area (Å²) in [6, 6.07) is 3.75. The van der Waals surface area contributed by atoms with E-state index in [2.05, 4.69) is 5.32 Å². The van der Waals surface area contributed by atoms with Gasteiger partial charge in [0.05, 0.1) is 18.0 Å². The quantitative estimate of drug-likeness (QED) is 0.791. The number of amides is 2. The van der Waals surface area contributed by atoms with Crippen LogP contribution in [0.5, 0.6) is 0 Å². The van der Waals surface area contributed by atoms with E-state index in [0.29, 0.717) is 18.4 Å². The lowest BCUT2D eigenvalue weighted by atomic mass is 10.00. The monoisotopic (exact) mass is 346 g/mol. The highest BCUT2D eigenvalue weighted by molar-refractivity contribution is 5.75. The lowest BCUT2D eigenvalue weighted by molar-refractivity contribution is -0.138. The van der Waals surface area contributed by atoms with Crippen LogP contribution in [0, 0.1) is 0 Å². The normalized spacial score (nSPS) is 12.5. The number of alkyl halides is 3. The number of halogens is 3. The van der Waals surface area contributed by atoms with Crippen LogP contribution in [0.25, 0.3) is 0 Å². The molecule has 1 atom stereocenters. The molecular weight excluding hydrogens is 325 g/mol. The Morgan fingerprint density at radius 3 is 2.54 bits per heavy atom. The fourth-order valence-corrected chi connectivity index (χ4v) is 2.17. The summed E-state index contributed by atoms with van der Waals surface area (Å²) in [6.07, 6.45) is -3.51. The number of benzene rings is 1. The van der Waals surface area contributed by atoms with Crippen LogP contribution in [-0.2, 0) is 11.0 Å². The predicted molar refractivity (Wildman–Crippen MR) is 82.5 cm³/mol. The van der Waals surface area contributed by atoms with Crippen molar-refractivity contribution in [2.24, 2.45) is 0 Å². The zero-order chi connectivity index (χ0) is 18.3. The highest BCUT2D eigenvalue weighted by atomic mass is 19.4. The van der Waals surface area contributed by atoms with Crippen molar-refractivity contribution in [3.63, 3.8) is 0 Å². The SMILES string of the molecule is CCCC(NC(=O)N(C)CCC(=O)O)c1cccc(C(F)(F)F)c1. The summed E-state index contributed by atoms with van der Waals surface area (Å²) in [4.78, 5) is 23.8. The van der Waals surface area contributed by atoms with Crippen LogP contribution in [0.2, 0.25) is 0 Å². The molecule has 0 aliphatic rings. The second-order valence-corrected chi connectivity index (χ2v) is 5.48. The van der Waals surface area contributed by atoms with Crippen molar-refractivity contribution in [1.29, 1.82) is 0 Å². The molecule has 0 heterocycles. The number of hydrogen-bond acceptors (Lipinski definition) is 2. The zero-order valence-electron chi connectivity index (χ0n) is 13.6. The van der Waals surface area contributed by atoms with Gasteiger partial charge in [0, 0.05) is 13.6 Å². The van der Waals surface area contributed by atoms with Gasteiger partial charge in [-0.25, -0.2) is 4.79 Å². The first-order chi connectivity index (χ1) is 11.1. The molecule has 0 aliphatic heterocycles. The molecule has 0 bridgehead atoms. The van der Waals surface area contributed by atoms with Crippen molar-refractivity contribution >= 4 is 12.0 Å². The first kappa shape index (κ1) is 19.8. The molecule has 0 saturated heterocycles. The summed E-state index contributed by atoms with van der Waals surface area (Å²) in [5.41, 5.74) is -0.402. The van der Waals surface area contributed by atoms with Gasteiger partial charge in [-0.3, -0.25) is 4.79 Å². The first-order valence-corrected chi connectivity index (χ1v) is 7.55. The topological polar surface area (TPSA) is 69.6 Å². The van der Waals surface area contributed by atoms with Gasteiger partial charge in [-0.15, -0.1) is 0 Å². The molecule has 24 heavy (non-hydrogen) atoms. The number of carbonyl (C=O) groups is 2. The zero-order valence-corrected chi connectivity index (χ0v) is 13.6. The van der Waals surface area contributed by atoms with E-state index in [9.17, 15) is 22.8 Å². The number of rotatable bonds is 7. The molecule has 0 fully saturated rings. The Morgan fingerprint density at radius 1 is 1.33 bits per heavy atom. The Balaban J connectivity index is 2.87. The van der Waals surface area contributed by atoms with E-state index >= 15 is 0 Å². The molecule has 1 rings (SSSR count). The van der Waals surface area contributed by atoms with Gasteiger partial charge in [-0.1, -0.05) is 25.5 Å². The molecule has 0 aliphatic carbocycles. The second kappa shape index (κ2) is 8.56. The van der Waals surface area contributed by atoms with Gasteiger partial charge in [0.2, 0.25) is 0 Å². The molecule has 8 heteroatoms. The lowest BCUT2D eigenvalue weighted by Gasteiger charge is -2.24. The minimum atomic E-state index is -4.45. The average Bonchev–Trinajstić information content (AvgIpc) is 2.51. The van der Waals surface area contributed by atoms with Crippen molar-refractivity contribution in [2.45, 2.75) is 38.4 Å². The van der Waals surface area contributed by atoms with Crippen LogP contribution in [0.4, 0.5) is 18.0 Å². The third-order valence-corrected chi connectivity index (χ3v) is 3.50. The Hall–Kier alpha value is -2.25. The van der Waals surface area contributed by atoms with Gasteiger partial charge in [0.15, 0.2) is 0 Å². The van der Waals surface area contributed by atoms with Crippen LogP contribution in [-0.4, -0.2) is 35.6 Å². The number of urea groups is 1. The minimum Gasteiger partial charge on any atom is -0.481 e. The molecule has 0 aromatic heterocycles. The molecule has 2 amide bonds. The smallest absolute Gasteiger partial charge is 0.416 e. The average molecular weight is 346 g/mol. The van der Waals surface area contributed by atoms with Gasteiger partial charge in [-0.2, -0.15) is 13.2 Å². The van der Waals surface area contributed by atoms with E-state index in [4.69, 9.17) is 5.11 Å². The number of hydrogen-bond donors (Lipinski definition) is 2. The number of nitrogens with one attached hydrogen (secondary N) is 1. The van der Waals surface area contributed by atoms with E-state index in [1.807, 2.05) is 6.92 Å². The Kier molecular flexibility index (Phi) is 7.06. The number of nitrogens with zero attached hydrogens (tertiary/aromatic N) is 1. The number of carboxylic acid groups (broad SMARTS) is 1. The largest absolute Gasteiger partial charge is 0.481 e. The summed E-state index contributed by atoms with van der Waals surface area (Å²) in [6.45, 7) is 1.88. The van der Waals surface area contributed by atoms with Crippen molar-refractivity contribution in [1.82, 2.24) is 10.2 Å². The van der Waals surface area contributed by atoms with E-state index in [1.165, 1.54) is 24.1 Å². The van der Waals surface area contributed by atoms with Crippen molar-refractivity contribution in [2.75, 3.05) is 13.6 Å². The number of carbonyl (C=O) groups excluding carboxylic acids is 1. The second-order valence-electron chi connectivity index (χ2n) is 5.48. The van der Waals surface area contributed by atoms with Crippen LogP contribution >= 0.6 is 0 Å². The van der Waals surface area contributed by atoms with Gasteiger partial charge in [0.1, 0.15) is 0 Å². The maximum atomic E-state index is 12.8. The van der Waals surface area contributed by atoms with Crippen molar-refractivity contribution < 1.29 is 27.9 Å². The molecule has 134 valence electrons.